The van der Waals surface area contributed by atoms with Crippen molar-refractivity contribution >= 4 is 33.8 Å². The standard InChI is InChI=1S/C12H18O2S2/c1-3-7-11(13)15-9-5-6-10-16-12(14)8-4-2/h3-4,7-8H,5-6,9-10H2,1-2H3. The van der Waals surface area contributed by atoms with Gasteiger partial charge in [0.25, 0.3) is 0 Å². The van der Waals surface area contributed by atoms with Crippen LogP contribution in [0.15, 0.2) is 24.3 Å². The molecule has 0 bridgehead atoms. The molecule has 0 aliphatic rings. The van der Waals surface area contributed by atoms with Gasteiger partial charge in [0, 0.05) is 11.5 Å². The van der Waals surface area contributed by atoms with E-state index in [-0.39, 0.29) is 10.2 Å². The highest BCUT2D eigenvalue weighted by Gasteiger charge is 1.99. The minimum Gasteiger partial charge on any atom is -0.282 e. The quantitative estimate of drug-likeness (QED) is 0.517. The molecule has 0 fully saturated rings. The summed E-state index contributed by atoms with van der Waals surface area (Å²) in [6.45, 7) is 3.67. The van der Waals surface area contributed by atoms with Crippen molar-refractivity contribution < 1.29 is 9.59 Å². The summed E-state index contributed by atoms with van der Waals surface area (Å²) in [5, 5.41) is 0.222. The van der Waals surface area contributed by atoms with Crippen LogP contribution in [0.2, 0.25) is 0 Å². The summed E-state index contributed by atoms with van der Waals surface area (Å²) in [6, 6.07) is 0. The molecule has 0 radical (unpaired) electrons. The molecule has 0 amide bonds. The maximum Gasteiger partial charge on any atom is 0.211 e. The van der Waals surface area contributed by atoms with Crippen LogP contribution in [0.1, 0.15) is 26.7 Å². The lowest BCUT2D eigenvalue weighted by Crippen LogP contribution is -1.92. The van der Waals surface area contributed by atoms with Gasteiger partial charge in [-0.3, -0.25) is 9.59 Å². The van der Waals surface area contributed by atoms with E-state index in [1.165, 1.54) is 23.5 Å². The van der Waals surface area contributed by atoms with Crippen LogP contribution in [0.4, 0.5) is 0 Å². The molecule has 0 heterocycles. The number of carbonyl (C=O) groups excluding carboxylic acids is 2. The fourth-order valence-corrected chi connectivity index (χ4v) is 2.48. The minimum absolute atomic E-state index is 0.111. The van der Waals surface area contributed by atoms with Crippen molar-refractivity contribution in [2.24, 2.45) is 0 Å². The van der Waals surface area contributed by atoms with E-state index in [0.29, 0.717) is 0 Å². The van der Waals surface area contributed by atoms with Gasteiger partial charge in [-0.1, -0.05) is 35.7 Å². The second kappa shape index (κ2) is 11.0. The number of hydrogen-bond donors (Lipinski definition) is 0. The fourth-order valence-electron chi connectivity index (χ4n) is 0.918. The van der Waals surface area contributed by atoms with Gasteiger partial charge in [0.2, 0.25) is 10.2 Å². The monoisotopic (exact) mass is 258 g/mol. The van der Waals surface area contributed by atoms with E-state index >= 15 is 0 Å². The van der Waals surface area contributed by atoms with Gasteiger partial charge in [0.05, 0.1) is 0 Å². The van der Waals surface area contributed by atoms with Gasteiger partial charge >= 0.3 is 0 Å². The first-order valence-corrected chi connectivity index (χ1v) is 7.26. The average Bonchev–Trinajstić information content (AvgIpc) is 2.24. The van der Waals surface area contributed by atoms with Crippen molar-refractivity contribution in [1.82, 2.24) is 0 Å². The van der Waals surface area contributed by atoms with Crippen molar-refractivity contribution in [3.63, 3.8) is 0 Å². The van der Waals surface area contributed by atoms with Gasteiger partial charge in [0.15, 0.2) is 0 Å². The summed E-state index contributed by atoms with van der Waals surface area (Å²) in [5.74, 6) is 1.67. The lowest BCUT2D eigenvalue weighted by atomic mass is 10.4. The Bertz CT molecular complexity index is 242. The highest BCUT2D eigenvalue weighted by atomic mass is 32.2. The predicted octanol–water partition coefficient (Wildman–Crippen LogP) is 3.44. The zero-order chi connectivity index (χ0) is 12.2. The number of allylic oxidation sites excluding steroid dienone is 2. The van der Waals surface area contributed by atoms with E-state index in [9.17, 15) is 9.59 Å². The van der Waals surface area contributed by atoms with Crippen LogP contribution in [0.3, 0.4) is 0 Å². The Morgan fingerprint density at radius 3 is 1.56 bits per heavy atom. The Hall–Kier alpha value is -0.480. The molecule has 0 unspecified atom stereocenters. The first-order valence-electron chi connectivity index (χ1n) is 5.29. The van der Waals surface area contributed by atoms with Crippen molar-refractivity contribution in [3.8, 4) is 0 Å². The molecule has 0 aliphatic carbocycles. The highest BCUT2D eigenvalue weighted by molar-refractivity contribution is 8.14. The van der Waals surface area contributed by atoms with Crippen molar-refractivity contribution in [3.05, 3.63) is 24.3 Å². The molecule has 0 N–H and O–H groups in total. The molecular weight excluding hydrogens is 240 g/mol. The first kappa shape index (κ1) is 15.5. The molecule has 4 heteroatoms. The number of carbonyl (C=O) groups is 2. The lowest BCUT2D eigenvalue weighted by Gasteiger charge is -1.98. The fraction of sp³-hybridized carbons (Fsp3) is 0.500. The van der Waals surface area contributed by atoms with Crippen molar-refractivity contribution in [2.45, 2.75) is 26.7 Å². The summed E-state index contributed by atoms with van der Waals surface area (Å²) in [4.78, 5) is 22.2. The number of unbranched alkanes of at least 4 members (excludes halogenated alkanes) is 1. The predicted molar refractivity (Wildman–Crippen MR) is 73.8 cm³/mol. The summed E-state index contributed by atoms with van der Waals surface area (Å²) < 4.78 is 0. The Kier molecular flexibility index (Phi) is 10.7. The number of hydrogen-bond acceptors (Lipinski definition) is 4. The van der Waals surface area contributed by atoms with Crippen LogP contribution in [-0.2, 0) is 9.59 Å². The van der Waals surface area contributed by atoms with Gasteiger partial charge in [-0.15, -0.1) is 0 Å². The van der Waals surface area contributed by atoms with Gasteiger partial charge < -0.3 is 0 Å². The molecule has 90 valence electrons. The molecule has 2 nitrogen and oxygen atoms in total. The Balaban J connectivity index is 3.34. The second-order valence-electron chi connectivity index (χ2n) is 3.04. The van der Waals surface area contributed by atoms with Crippen molar-refractivity contribution in [1.29, 1.82) is 0 Å². The van der Waals surface area contributed by atoms with Gasteiger partial charge in [0.1, 0.15) is 0 Å². The van der Waals surface area contributed by atoms with E-state index < -0.39 is 0 Å². The number of rotatable bonds is 7. The average molecular weight is 258 g/mol. The highest BCUT2D eigenvalue weighted by Crippen LogP contribution is 2.11. The Labute approximate surface area is 106 Å². The van der Waals surface area contributed by atoms with Crippen LogP contribution in [0.25, 0.3) is 0 Å². The largest absolute Gasteiger partial charge is 0.282 e. The van der Waals surface area contributed by atoms with E-state index in [4.69, 9.17) is 0 Å². The normalized spacial score (nSPS) is 11.4. The third-order valence-electron chi connectivity index (χ3n) is 1.63. The summed E-state index contributed by atoms with van der Waals surface area (Å²) >= 11 is 2.67. The van der Waals surface area contributed by atoms with Crippen LogP contribution < -0.4 is 0 Å². The summed E-state index contributed by atoms with van der Waals surface area (Å²) in [6.07, 6.45) is 8.61. The molecule has 0 spiro atoms. The molecule has 0 aliphatic heterocycles. The maximum absolute atomic E-state index is 11.1. The van der Waals surface area contributed by atoms with E-state index in [1.807, 2.05) is 13.8 Å². The maximum atomic E-state index is 11.1. The zero-order valence-corrected chi connectivity index (χ0v) is 11.4. The van der Waals surface area contributed by atoms with Gasteiger partial charge in [-0.2, -0.15) is 0 Å². The van der Waals surface area contributed by atoms with E-state index in [2.05, 4.69) is 0 Å². The lowest BCUT2D eigenvalue weighted by molar-refractivity contribution is -0.107. The van der Waals surface area contributed by atoms with Gasteiger partial charge in [-0.25, -0.2) is 0 Å². The minimum atomic E-state index is 0.111. The third-order valence-corrected chi connectivity index (χ3v) is 3.46. The van der Waals surface area contributed by atoms with E-state index in [0.717, 1.165) is 24.3 Å². The SMILES string of the molecule is CC=CC(=O)SCCCCSC(=O)C=CC. The smallest absolute Gasteiger partial charge is 0.211 e. The molecule has 0 aromatic heterocycles. The first-order chi connectivity index (χ1) is 7.70. The second-order valence-corrected chi connectivity index (χ2v) is 5.24. The van der Waals surface area contributed by atoms with Crippen LogP contribution in [0.5, 0.6) is 0 Å². The molecule has 0 saturated carbocycles. The molecule has 16 heavy (non-hydrogen) atoms. The molecule has 0 atom stereocenters. The van der Waals surface area contributed by atoms with Crippen LogP contribution >= 0.6 is 23.5 Å². The topological polar surface area (TPSA) is 34.1 Å². The van der Waals surface area contributed by atoms with Crippen molar-refractivity contribution in [2.75, 3.05) is 11.5 Å². The third kappa shape index (κ3) is 10.1. The zero-order valence-electron chi connectivity index (χ0n) is 9.77. The number of thioether (sulfide) groups is 2. The summed E-state index contributed by atoms with van der Waals surface area (Å²) in [5.41, 5.74) is 0. The Morgan fingerprint density at radius 1 is 0.875 bits per heavy atom. The molecule has 0 saturated heterocycles. The van der Waals surface area contributed by atoms with Gasteiger partial charge in [-0.05, 0) is 38.8 Å². The van der Waals surface area contributed by atoms with Crippen LogP contribution in [0, 0.1) is 0 Å². The Morgan fingerprint density at radius 2 is 1.25 bits per heavy atom. The molecule has 0 aromatic rings. The molecular formula is C12H18O2S2. The van der Waals surface area contributed by atoms with E-state index in [1.54, 1.807) is 24.3 Å². The van der Waals surface area contributed by atoms with Crippen LogP contribution in [-0.4, -0.2) is 21.7 Å². The molecule has 0 rings (SSSR count). The summed E-state index contributed by atoms with van der Waals surface area (Å²) in [7, 11) is 0. The molecule has 0 aromatic carbocycles.